The van der Waals surface area contributed by atoms with Gasteiger partial charge in [-0.1, -0.05) is 18.2 Å². The summed E-state index contributed by atoms with van der Waals surface area (Å²) in [4.78, 5) is 28.9. The molecule has 0 aromatic heterocycles. The Kier molecular flexibility index (Phi) is 6.19. The molecule has 0 atom stereocenters. The summed E-state index contributed by atoms with van der Waals surface area (Å²) in [5.41, 5.74) is 4.27. The molecule has 148 valence electrons. The third-order valence-corrected chi connectivity index (χ3v) is 5.28. The van der Waals surface area contributed by atoms with Crippen LogP contribution in [0.5, 0.6) is 5.75 Å². The van der Waals surface area contributed by atoms with Gasteiger partial charge in [0, 0.05) is 37.4 Å². The Morgan fingerprint density at radius 1 is 1.04 bits per heavy atom. The zero-order valence-electron chi connectivity index (χ0n) is 16.7. The van der Waals surface area contributed by atoms with Gasteiger partial charge >= 0.3 is 0 Å². The number of nitrogens with zero attached hydrogens (tertiary/aromatic N) is 2. The lowest BCUT2D eigenvalue weighted by Crippen LogP contribution is -2.51. The van der Waals surface area contributed by atoms with Gasteiger partial charge in [0.05, 0.1) is 13.7 Å². The van der Waals surface area contributed by atoms with Crippen molar-refractivity contribution < 1.29 is 14.3 Å². The molecule has 1 heterocycles. The van der Waals surface area contributed by atoms with Crippen LogP contribution in [0.15, 0.2) is 42.5 Å². The Morgan fingerprint density at radius 3 is 2.46 bits per heavy atom. The van der Waals surface area contributed by atoms with Crippen molar-refractivity contribution in [3.05, 3.63) is 59.2 Å². The number of carbonyl (C=O) groups is 2. The average Bonchev–Trinajstić information content (AvgIpc) is 2.74. The normalized spacial score (nSPS) is 14.0. The van der Waals surface area contributed by atoms with Crippen LogP contribution in [-0.4, -0.2) is 56.5 Å². The van der Waals surface area contributed by atoms with Gasteiger partial charge in [-0.3, -0.25) is 9.59 Å². The van der Waals surface area contributed by atoms with Crippen LogP contribution in [0.25, 0.3) is 0 Å². The molecule has 6 nitrogen and oxygen atoms in total. The van der Waals surface area contributed by atoms with E-state index in [-0.39, 0.29) is 18.4 Å². The second-order valence-electron chi connectivity index (χ2n) is 7.00. The number of piperazine rings is 1. The van der Waals surface area contributed by atoms with E-state index in [4.69, 9.17) is 4.74 Å². The van der Waals surface area contributed by atoms with E-state index in [9.17, 15) is 9.59 Å². The van der Waals surface area contributed by atoms with E-state index < -0.39 is 0 Å². The van der Waals surface area contributed by atoms with Crippen molar-refractivity contribution in [2.75, 3.05) is 44.7 Å². The predicted molar refractivity (Wildman–Crippen MR) is 110 cm³/mol. The zero-order chi connectivity index (χ0) is 20.1. The average molecular weight is 381 g/mol. The molecule has 0 saturated carbocycles. The summed E-state index contributed by atoms with van der Waals surface area (Å²) >= 11 is 0. The second-order valence-corrected chi connectivity index (χ2v) is 7.00. The van der Waals surface area contributed by atoms with Crippen molar-refractivity contribution in [3.63, 3.8) is 0 Å². The number of ether oxygens (including phenoxy) is 1. The van der Waals surface area contributed by atoms with Crippen molar-refractivity contribution in [1.82, 2.24) is 10.2 Å². The largest absolute Gasteiger partial charge is 0.497 e. The first-order valence-electron chi connectivity index (χ1n) is 9.51. The highest BCUT2D eigenvalue weighted by Crippen LogP contribution is 2.23. The molecule has 0 unspecified atom stereocenters. The third kappa shape index (κ3) is 4.44. The van der Waals surface area contributed by atoms with E-state index in [2.05, 4.69) is 42.3 Å². The highest BCUT2D eigenvalue weighted by Gasteiger charge is 2.22. The molecule has 2 aromatic carbocycles. The van der Waals surface area contributed by atoms with Gasteiger partial charge in [-0.25, -0.2) is 0 Å². The van der Waals surface area contributed by atoms with Crippen molar-refractivity contribution in [2.45, 2.75) is 13.8 Å². The van der Waals surface area contributed by atoms with Crippen LogP contribution < -0.4 is 15.0 Å². The Labute approximate surface area is 166 Å². The summed E-state index contributed by atoms with van der Waals surface area (Å²) in [6, 6.07) is 13.2. The van der Waals surface area contributed by atoms with Gasteiger partial charge in [0.1, 0.15) is 5.75 Å². The molecule has 0 spiro atoms. The van der Waals surface area contributed by atoms with Gasteiger partial charge in [0.15, 0.2) is 0 Å². The number of hydrogen-bond donors (Lipinski definition) is 1. The molecule has 3 rings (SSSR count). The molecule has 1 saturated heterocycles. The first kappa shape index (κ1) is 19.7. The van der Waals surface area contributed by atoms with Crippen molar-refractivity contribution >= 4 is 17.5 Å². The standard InChI is InChI=1S/C22H27N3O3/c1-16-6-4-9-20(17(16)2)24-10-12-25(13-11-24)21(26)15-23-22(27)18-7-5-8-19(14-18)28-3/h4-9,14H,10-13,15H2,1-3H3,(H,23,27). The van der Waals surface area contributed by atoms with E-state index in [1.807, 2.05) is 4.90 Å². The number of rotatable bonds is 5. The Hall–Kier alpha value is -3.02. The maximum atomic E-state index is 12.5. The summed E-state index contributed by atoms with van der Waals surface area (Å²) in [6.07, 6.45) is 0. The Bertz CT molecular complexity index is 858. The first-order valence-corrected chi connectivity index (χ1v) is 9.51. The van der Waals surface area contributed by atoms with Crippen molar-refractivity contribution in [1.29, 1.82) is 0 Å². The predicted octanol–water partition coefficient (Wildman–Crippen LogP) is 2.39. The lowest BCUT2D eigenvalue weighted by molar-refractivity contribution is -0.130. The Morgan fingerprint density at radius 2 is 1.75 bits per heavy atom. The summed E-state index contributed by atoms with van der Waals surface area (Å²) in [5.74, 6) is 0.277. The number of anilines is 1. The summed E-state index contributed by atoms with van der Waals surface area (Å²) in [7, 11) is 1.55. The topological polar surface area (TPSA) is 61.9 Å². The summed E-state index contributed by atoms with van der Waals surface area (Å²) < 4.78 is 5.13. The molecule has 0 bridgehead atoms. The van der Waals surface area contributed by atoms with E-state index >= 15 is 0 Å². The lowest BCUT2D eigenvalue weighted by atomic mass is 10.1. The van der Waals surface area contributed by atoms with Crippen molar-refractivity contribution in [2.24, 2.45) is 0 Å². The fourth-order valence-corrected chi connectivity index (χ4v) is 3.41. The van der Waals surface area contributed by atoms with Crippen LogP contribution in [-0.2, 0) is 4.79 Å². The highest BCUT2D eigenvalue weighted by molar-refractivity contribution is 5.96. The Balaban J connectivity index is 1.51. The number of amides is 2. The SMILES string of the molecule is COc1cccc(C(=O)NCC(=O)N2CCN(c3cccc(C)c3C)CC2)c1. The first-order chi connectivity index (χ1) is 13.5. The number of benzene rings is 2. The zero-order valence-corrected chi connectivity index (χ0v) is 16.7. The lowest BCUT2D eigenvalue weighted by Gasteiger charge is -2.37. The fraction of sp³-hybridized carbons (Fsp3) is 0.364. The van der Waals surface area contributed by atoms with E-state index in [0.29, 0.717) is 24.4 Å². The van der Waals surface area contributed by atoms with Crippen LogP contribution >= 0.6 is 0 Å². The molecule has 28 heavy (non-hydrogen) atoms. The van der Waals surface area contributed by atoms with Crippen LogP contribution in [0.2, 0.25) is 0 Å². The molecular formula is C22H27N3O3. The van der Waals surface area contributed by atoms with Crippen LogP contribution in [0.3, 0.4) is 0 Å². The van der Waals surface area contributed by atoms with Gasteiger partial charge in [-0.05, 0) is 49.2 Å². The molecule has 1 fully saturated rings. The quantitative estimate of drug-likeness (QED) is 0.864. The van der Waals surface area contributed by atoms with Gasteiger partial charge in [0.2, 0.25) is 5.91 Å². The van der Waals surface area contributed by atoms with Gasteiger partial charge in [0.25, 0.3) is 5.91 Å². The molecule has 0 aliphatic carbocycles. The summed E-state index contributed by atoms with van der Waals surface area (Å²) in [6.45, 7) is 7.14. The number of carbonyl (C=O) groups excluding carboxylic acids is 2. The highest BCUT2D eigenvalue weighted by atomic mass is 16.5. The fourth-order valence-electron chi connectivity index (χ4n) is 3.41. The van der Waals surface area contributed by atoms with Gasteiger partial charge < -0.3 is 19.9 Å². The minimum atomic E-state index is -0.277. The number of aryl methyl sites for hydroxylation is 1. The van der Waals surface area contributed by atoms with Gasteiger partial charge in [-0.15, -0.1) is 0 Å². The maximum Gasteiger partial charge on any atom is 0.251 e. The molecule has 2 aromatic rings. The number of nitrogens with one attached hydrogen (secondary N) is 1. The second kappa shape index (κ2) is 8.78. The van der Waals surface area contributed by atoms with Gasteiger partial charge in [-0.2, -0.15) is 0 Å². The molecule has 6 heteroatoms. The molecule has 0 radical (unpaired) electrons. The van der Waals surface area contributed by atoms with Crippen LogP contribution in [0.1, 0.15) is 21.5 Å². The minimum absolute atomic E-state index is 0.000480. The molecule has 2 amide bonds. The number of hydrogen-bond acceptors (Lipinski definition) is 4. The van der Waals surface area contributed by atoms with E-state index in [1.54, 1.807) is 31.4 Å². The minimum Gasteiger partial charge on any atom is -0.497 e. The monoisotopic (exact) mass is 381 g/mol. The molecular weight excluding hydrogens is 354 g/mol. The maximum absolute atomic E-state index is 12.5. The van der Waals surface area contributed by atoms with Crippen LogP contribution in [0.4, 0.5) is 5.69 Å². The van der Waals surface area contributed by atoms with Crippen LogP contribution in [0, 0.1) is 13.8 Å². The molecule has 1 N–H and O–H groups in total. The van der Waals surface area contributed by atoms with Crippen molar-refractivity contribution in [3.8, 4) is 5.75 Å². The van der Waals surface area contributed by atoms with E-state index in [0.717, 1.165) is 13.1 Å². The van der Waals surface area contributed by atoms with E-state index in [1.165, 1.54) is 16.8 Å². The summed E-state index contributed by atoms with van der Waals surface area (Å²) in [5, 5.41) is 2.71. The third-order valence-electron chi connectivity index (χ3n) is 5.28. The smallest absolute Gasteiger partial charge is 0.251 e. The molecule has 1 aliphatic heterocycles. The molecule has 1 aliphatic rings. The number of methoxy groups -OCH3 is 1.